The quantitative estimate of drug-likeness (QED) is 0.0214. The maximum Gasteiger partial charge on any atom is 0.331 e. The van der Waals surface area contributed by atoms with Crippen LogP contribution in [-0.4, -0.2) is 346 Å². The number of fused-ring (bicyclic) bond motifs is 7. The molecule has 12 rings (SSSR count). The van der Waals surface area contributed by atoms with E-state index in [1.54, 1.807) is 0 Å². The number of carbonyl (C=O) groups is 2. The molecule has 38 atom stereocenters. The predicted octanol–water partition coefficient (Wildman–Crippen LogP) is -5.75. The summed E-state index contributed by atoms with van der Waals surface area (Å²) in [7, 11) is 0. The molecule has 10 fully saturated rings. The number of esters is 2. The molecule has 22 N–H and O–H groups in total. The SMILES string of the molecule is CC1OC(OC(=O)C23CCC(C)(C)CC2C2=CCC4C5(C)CCC(OC6OCC(O)C(OC7OC(CO)C(O)C(OC(=O)C=Cc8ccc(O)cc8)C7O)C6OC6OC(CO)C(O)C(O)C6O)C(C)(C)C5CCC4(C)C2(C)CC3O)(C2(O)C(CO)OC(O)(OCC3OC(O)C(O)C(O)C3O)C(O)C2O)C(O)C(O)C1O. The largest absolute Gasteiger partial charge is 0.508 e. The molecule has 6 saturated heterocycles. The Labute approximate surface area is 633 Å². The number of allylic oxidation sites excluding steroid dienone is 2. The summed E-state index contributed by atoms with van der Waals surface area (Å²) >= 11 is 0. The maximum absolute atomic E-state index is 16.2. The number of phenolic OH excluding ortho intramolecular Hbond substituents is 1. The van der Waals surface area contributed by atoms with Gasteiger partial charge >= 0.3 is 17.9 Å². The lowest BCUT2D eigenvalue weighted by atomic mass is 9.33. The number of carbonyl (C=O) groups excluding carboxylic acids is 2. The average molecular weight is 1580 g/mol. The Bertz CT molecular complexity index is 3450. The van der Waals surface area contributed by atoms with Crippen molar-refractivity contribution in [3.8, 4) is 5.75 Å². The number of ether oxygens (including phenoxy) is 12. The molecule has 110 heavy (non-hydrogen) atoms. The first-order chi connectivity index (χ1) is 51.4. The van der Waals surface area contributed by atoms with Crippen LogP contribution in [0.4, 0.5) is 0 Å². The zero-order valence-electron chi connectivity index (χ0n) is 62.4. The number of aliphatic hydroxyl groups excluding tert-OH is 19. The van der Waals surface area contributed by atoms with Crippen molar-refractivity contribution >= 4 is 18.0 Å². The standard InChI is InChI=1S/C74H112O36/c1-30-45(82)51(88)58(92)73(108-30,72(97)43(27-77)109-74(98,60(94)59(72)93)100-29-38-47(84)49(86)52(89)61(95)101-38)110-65(96)71-22-21-66(2,3)23-34(71)33-14-15-40-68(6)19-18-42(67(4,5)39(68)17-20-69(40,7)70(33,8)24-41(71)80)104-64-57(107-62-53(90)50(87)46(83)36(25-75)102-62)55(35(79)28-99-64)106-63-54(91)56(48(85)37(26-76)103-63)105-44(81)16-11-31-9-12-32(78)13-10-31/h9-14,16,30,34-43,45-64,75-80,82-95,97-98H,15,17-29H2,1-8H3. The molecule has 11 aliphatic rings. The van der Waals surface area contributed by atoms with E-state index < -0.39 is 272 Å². The number of aromatic hydroxyl groups is 1. The summed E-state index contributed by atoms with van der Waals surface area (Å²) in [6.07, 6.45) is -47.8. The molecule has 1 aromatic carbocycles. The smallest absolute Gasteiger partial charge is 0.331 e. The van der Waals surface area contributed by atoms with Crippen LogP contribution in [0.3, 0.4) is 0 Å². The van der Waals surface area contributed by atoms with Crippen molar-refractivity contribution in [2.24, 2.45) is 50.2 Å². The molecular weight excluding hydrogens is 1460 g/mol. The van der Waals surface area contributed by atoms with Gasteiger partial charge in [-0.05, 0) is 133 Å². The lowest BCUT2D eigenvalue weighted by molar-refractivity contribution is -0.504. The summed E-state index contributed by atoms with van der Waals surface area (Å²) in [6, 6.07) is 5.76. The van der Waals surface area contributed by atoms with E-state index in [2.05, 4.69) is 26.8 Å². The summed E-state index contributed by atoms with van der Waals surface area (Å²) in [5, 5.41) is 249. The summed E-state index contributed by atoms with van der Waals surface area (Å²) in [5.74, 6) is -10.8. The van der Waals surface area contributed by atoms with Gasteiger partial charge in [-0.1, -0.05) is 72.2 Å². The molecule has 6 aliphatic heterocycles. The second-order valence-electron chi connectivity index (χ2n) is 34.4. The molecule has 624 valence electrons. The summed E-state index contributed by atoms with van der Waals surface area (Å²) in [5.41, 5.74) is -7.91. The van der Waals surface area contributed by atoms with Gasteiger partial charge in [0.15, 0.2) is 49.1 Å². The Morgan fingerprint density at radius 3 is 1.87 bits per heavy atom. The van der Waals surface area contributed by atoms with Crippen molar-refractivity contribution < 1.29 is 179 Å². The van der Waals surface area contributed by atoms with E-state index in [0.29, 0.717) is 37.7 Å². The van der Waals surface area contributed by atoms with Crippen molar-refractivity contribution in [2.75, 3.05) is 33.0 Å². The van der Waals surface area contributed by atoms with Gasteiger partial charge in [0, 0.05) is 6.08 Å². The van der Waals surface area contributed by atoms with Crippen LogP contribution in [0.15, 0.2) is 42.0 Å². The van der Waals surface area contributed by atoms with Crippen LogP contribution in [0.2, 0.25) is 0 Å². The van der Waals surface area contributed by atoms with E-state index in [-0.39, 0.29) is 43.3 Å². The molecule has 0 spiro atoms. The van der Waals surface area contributed by atoms with Crippen LogP contribution >= 0.6 is 0 Å². The molecule has 4 saturated carbocycles. The van der Waals surface area contributed by atoms with E-state index in [0.717, 1.165) is 18.6 Å². The van der Waals surface area contributed by atoms with Crippen LogP contribution in [0.1, 0.15) is 119 Å². The topological polar surface area (TPSA) is 590 Å². The first-order valence-electron chi connectivity index (χ1n) is 37.7. The van der Waals surface area contributed by atoms with Gasteiger partial charge in [-0.15, -0.1) is 0 Å². The molecule has 5 aliphatic carbocycles. The minimum absolute atomic E-state index is 0.0340. The fourth-order valence-electron chi connectivity index (χ4n) is 20.8. The van der Waals surface area contributed by atoms with Gasteiger partial charge in [0.2, 0.25) is 0 Å². The zero-order valence-corrected chi connectivity index (χ0v) is 62.4. The van der Waals surface area contributed by atoms with Gasteiger partial charge in [0.1, 0.15) is 121 Å². The first kappa shape index (κ1) is 85.6. The van der Waals surface area contributed by atoms with E-state index in [1.807, 2.05) is 27.7 Å². The van der Waals surface area contributed by atoms with Crippen LogP contribution in [0, 0.1) is 50.2 Å². The fourth-order valence-corrected chi connectivity index (χ4v) is 20.8. The molecule has 0 aromatic heterocycles. The summed E-state index contributed by atoms with van der Waals surface area (Å²) in [4.78, 5) is 29.5. The Morgan fingerprint density at radius 1 is 0.591 bits per heavy atom. The minimum Gasteiger partial charge on any atom is -0.508 e. The zero-order chi connectivity index (χ0) is 80.6. The number of phenols is 1. The molecule has 0 amide bonds. The molecule has 6 heterocycles. The highest BCUT2D eigenvalue weighted by Gasteiger charge is 2.79. The third-order valence-corrected chi connectivity index (χ3v) is 27.5. The van der Waals surface area contributed by atoms with Gasteiger partial charge in [0.05, 0.1) is 51.3 Å². The highest BCUT2D eigenvalue weighted by atomic mass is 16.9. The Balaban J connectivity index is 0.821. The van der Waals surface area contributed by atoms with Gasteiger partial charge in [-0.25, -0.2) is 4.79 Å². The van der Waals surface area contributed by atoms with Crippen LogP contribution in [-0.2, 0) is 66.4 Å². The maximum atomic E-state index is 16.2. The van der Waals surface area contributed by atoms with Gasteiger partial charge in [-0.3, -0.25) is 4.79 Å². The molecule has 36 nitrogen and oxygen atoms in total. The van der Waals surface area contributed by atoms with Crippen molar-refractivity contribution in [1.82, 2.24) is 0 Å². The average Bonchev–Trinajstić information content (AvgIpc) is 0.680. The van der Waals surface area contributed by atoms with Crippen LogP contribution < -0.4 is 0 Å². The van der Waals surface area contributed by atoms with Crippen LogP contribution in [0.5, 0.6) is 5.75 Å². The third kappa shape index (κ3) is 14.0. The monoisotopic (exact) mass is 1580 g/mol. The van der Waals surface area contributed by atoms with Gasteiger partial charge in [-0.2, -0.15) is 0 Å². The lowest BCUT2D eigenvalue weighted by Gasteiger charge is -2.72. The number of benzene rings is 1. The molecule has 36 heteroatoms. The molecule has 38 unspecified atom stereocenters. The number of hydrogen-bond acceptors (Lipinski definition) is 36. The second kappa shape index (κ2) is 31.2. The molecular formula is C74H112O36. The minimum atomic E-state index is -3.69. The van der Waals surface area contributed by atoms with Gasteiger partial charge in [0.25, 0.3) is 5.79 Å². The van der Waals surface area contributed by atoms with E-state index >= 15 is 4.79 Å². The van der Waals surface area contributed by atoms with E-state index in [4.69, 9.17) is 56.8 Å². The molecule has 1 aromatic rings. The Hall–Kier alpha value is -3.80. The van der Waals surface area contributed by atoms with E-state index in [9.17, 15) is 117 Å². The van der Waals surface area contributed by atoms with Crippen molar-refractivity contribution in [3.63, 3.8) is 0 Å². The Morgan fingerprint density at radius 2 is 1.22 bits per heavy atom. The second-order valence-corrected chi connectivity index (χ2v) is 34.4. The van der Waals surface area contributed by atoms with Crippen molar-refractivity contribution in [2.45, 2.75) is 302 Å². The lowest BCUT2D eigenvalue weighted by Crippen LogP contribution is -2.85. The normalized spacial score (nSPS) is 51.5. The third-order valence-electron chi connectivity index (χ3n) is 27.5. The molecule has 0 radical (unpaired) electrons. The summed E-state index contributed by atoms with van der Waals surface area (Å²) in [6.45, 7) is 10.8. The number of hydrogen-bond donors (Lipinski definition) is 22. The number of rotatable bonds is 18. The first-order valence-corrected chi connectivity index (χ1v) is 37.7. The molecule has 0 bridgehead atoms. The van der Waals surface area contributed by atoms with Crippen molar-refractivity contribution in [3.05, 3.63) is 47.6 Å². The highest BCUT2D eigenvalue weighted by Crippen LogP contribution is 2.76. The predicted molar refractivity (Wildman–Crippen MR) is 365 cm³/mol. The fraction of sp³-hybridized carbons (Fsp3) is 0.838. The van der Waals surface area contributed by atoms with Crippen molar-refractivity contribution in [1.29, 1.82) is 0 Å². The Kier molecular flexibility index (Phi) is 24.3. The van der Waals surface area contributed by atoms with Crippen LogP contribution in [0.25, 0.3) is 6.08 Å². The highest BCUT2D eigenvalue weighted by molar-refractivity contribution is 5.87. The van der Waals surface area contributed by atoms with E-state index in [1.165, 1.54) is 30.3 Å². The summed E-state index contributed by atoms with van der Waals surface area (Å²) < 4.78 is 71.9. The van der Waals surface area contributed by atoms with Gasteiger partial charge < -0.3 is 169 Å². The number of aliphatic hydroxyl groups is 21.